The van der Waals surface area contributed by atoms with Crippen LogP contribution in [0.1, 0.15) is 16.7 Å². The van der Waals surface area contributed by atoms with E-state index in [9.17, 15) is 4.79 Å². The van der Waals surface area contributed by atoms with E-state index in [1.54, 1.807) is 7.11 Å². The minimum absolute atomic E-state index is 0.0429. The second-order valence-corrected chi connectivity index (χ2v) is 6.73. The van der Waals surface area contributed by atoms with Crippen molar-refractivity contribution in [3.8, 4) is 5.75 Å². The van der Waals surface area contributed by atoms with Crippen molar-refractivity contribution >= 4 is 22.5 Å². The number of fused-ring (bicyclic) bond motifs is 2. The first-order valence-corrected chi connectivity index (χ1v) is 8.87. The quantitative estimate of drug-likeness (QED) is 0.571. The van der Waals surface area contributed by atoms with Gasteiger partial charge in [0, 0.05) is 33.9 Å². The third-order valence-electron chi connectivity index (χ3n) is 5.44. The lowest BCUT2D eigenvalue weighted by Gasteiger charge is -2.28. The number of anilines is 1. The number of carbonyl (C=O) groups is 1. The number of aromatic nitrogens is 1. The molecule has 1 aliphatic rings. The fraction of sp³-hybridized carbons (Fsp3) is 0.0870. The van der Waals surface area contributed by atoms with Crippen LogP contribution in [0.4, 0.5) is 5.69 Å². The smallest absolute Gasteiger partial charge is 0.244 e. The highest BCUT2D eigenvalue weighted by Gasteiger charge is 2.50. The Morgan fingerprint density at radius 1 is 0.852 bits per heavy atom. The van der Waals surface area contributed by atoms with Crippen LogP contribution in [0, 0.1) is 0 Å². The molecule has 1 unspecified atom stereocenters. The number of hydrogen-bond donors (Lipinski definition) is 2. The van der Waals surface area contributed by atoms with Gasteiger partial charge in [-0.1, -0.05) is 48.5 Å². The highest BCUT2D eigenvalue weighted by molar-refractivity contribution is 6.13. The van der Waals surface area contributed by atoms with Crippen LogP contribution >= 0.6 is 0 Å². The zero-order valence-corrected chi connectivity index (χ0v) is 14.8. The maximum absolute atomic E-state index is 13.5. The molecule has 2 N–H and O–H groups in total. The fourth-order valence-corrected chi connectivity index (χ4v) is 4.19. The predicted octanol–water partition coefficient (Wildman–Crippen LogP) is 4.46. The van der Waals surface area contributed by atoms with Gasteiger partial charge in [0.2, 0.25) is 5.91 Å². The summed E-state index contributed by atoms with van der Waals surface area (Å²) in [6, 6.07) is 23.7. The molecule has 132 valence electrons. The van der Waals surface area contributed by atoms with Crippen LogP contribution in [0.15, 0.2) is 79.0 Å². The summed E-state index contributed by atoms with van der Waals surface area (Å²) in [5.41, 5.74) is 3.77. The molecule has 0 bridgehead atoms. The SMILES string of the molecule is COc1ccc(C2(c3c[nH]c4ccccc34)C(=O)Nc3ccccc32)cc1. The predicted molar refractivity (Wildman–Crippen MR) is 106 cm³/mol. The monoisotopic (exact) mass is 354 g/mol. The van der Waals surface area contributed by atoms with E-state index in [-0.39, 0.29) is 5.91 Å². The normalized spacial score (nSPS) is 18.3. The maximum atomic E-state index is 13.5. The summed E-state index contributed by atoms with van der Waals surface area (Å²) < 4.78 is 5.32. The number of para-hydroxylation sites is 2. The minimum atomic E-state index is -0.914. The number of rotatable bonds is 3. The summed E-state index contributed by atoms with van der Waals surface area (Å²) in [6.45, 7) is 0. The molecule has 27 heavy (non-hydrogen) atoms. The molecule has 1 amide bonds. The topological polar surface area (TPSA) is 54.1 Å². The molecular weight excluding hydrogens is 336 g/mol. The number of ether oxygens (including phenoxy) is 1. The van der Waals surface area contributed by atoms with E-state index in [0.29, 0.717) is 0 Å². The van der Waals surface area contributed by atoms with Gasteiger partial charge in [-0.2, -0.15) is 0 Å². The van der Waals surface area contributed by atoms with E-state index in [1.165, 1.54) is 0 Å². The van der Waals surface area contributed by atoms with Crippen molar-refractivity contribution in [3.05, 3.63) is 95.7 Å². The molecule has 2 heterocycles. The third kappa shape index (κ3) is 2.07. The van der Waals surface area contributed by atoms with Crippen molar-refractivity contribution in [3.63, 3.8) is 0 Å². The van der Waals surface area contributed by atoms with Crippen LogP contribution in [-0.2, 0) is 10.2 Å². The number of hydrogen-bond acceptors (Lipinski definition) is 2. The van der Waals surface area contributed by atoms with E-state index in [2.05, 4.69) is 16.4 Å². The number of nitrogens with one attached hydrogen (secondary N) is 2. The van der Waals surface area contributed by atoms with Crippen molar-refractivity contribution in [1.82, 2.24) is 4.98 Å². The third-order valence-corrected chi connectivity index (χ3v) is 5.44. The molecule has 0 aliphatic carbocycles. The Bertz CT molecular complexity index is 1160. The Kier molecular flexibility index (Phi) is 3.34. The Balaban J connectivity index is 1.87. The van der Waals surface area contributed by atoms with Gasteiger partial charge in [0.05, 0.1) is 7.11 Å². The number of amides is 1. The van der Waals surface area contributed by atoms with Gasteiger partial charge < -0.3 is 15.0 Å². The summed E-state index contributed by atoms with van der Waals surface area (Å²) >= 11 is 0. The van der Waals surface area contributed by atoms with Gasteiger partial charge in [-0.25, -0.2) is 0 Å². The number of carbonyl (C=O) groups excluding carboxylic acids is 1. The molecular formula is C23H18N2O2. The van der Waals surface area contributed by atoms with Crippen molar-refractivity contribution in [1.29, 1.82) is 0 Å². The summed E-state index contributed by atoms with van der Waals surface area (Å²) in [7, 11) is 1.64. The van der Waals surface area contributed by atoms with Crippen LogP contribution in [0.5, 0.6) is 5.75 Å². The number of aromatic amines is 1. The Morgan fingerprint density at radius 2 is 1.59 bits per heavy atom. The van der Waals surface area contributed by atoms with Crippen LogP contribution in [-0.4, -0.2) is 18.0 Å². The van der Waals surface area contributed by atoms with Gasteiger partial charge >= 0.3 is 0 Å². The van der Waals surface area contributed by atoms with E-state index < -0.39 is 5.41 Å². The van der Waals surface area contributed by atoms with Crippen LogP contribution in [0.3, 0.4) is 0 Å². The Hall–Kier alpha value is -3.53. The molecule has 1 aromatic heterocycles. The first-order chi connectivity index (χ1) is 13.2. The first-order valence-electron chi connectivity index (χ1n) is 8.87. The van der Waals surface area contributed by atoms with Gasteiger partial charge in [-0.3, -0.25) is 4.79 Å². The zero-order chi connectivity index (χ0) is 18.4. The van der Waals surface area contributed by atoms with Gasteiger partial charge in [-0.15, -0.1) is 0 Å². The molecule has 0 fully saturated rings. The Morgan fingerprint density at radius 3 is 2.41 bits per heavy atom. The molecule has 5 rings (SSSR count). The molecule has 3 aromatic carbocycles. The largest absolute Gasteiger partial charge is 0.497 e. The van der Waals surface area contributed by atoms with E-state index in [4.69, 9.17) is 4.74 Å². The lowest BCUT2D eigenvalue weighted by atomic mass is 9.70. The standard InChI is InChI=1S/C23H18N2O2/c1-27-16-12-10-15(11-13-16)23(18-7-3-5-9-21(18)25-22(23)26)19-14-24-20-8-4-2-6-17(19)20/h2-14,24H,1H3,(H,25,26). The average molecular weight is 354 g/mol. The molecule has 4 heteroatoms. The summed E-state index contributed by atoms with van der Waals surface area (Å²) in [4.78, 5) is 16.8. The van der Waals surface area contributed by atoms with Gasteiger partial charge in [-0.05, 0) is 29.8 Å². The molecule has 0 saturated heterocycles. The van der Waals surface area contributed by atoms with Crippen molar-refractivity contribution in [2.24, 2.45) is 0 Å². The average Bonchev–Trinajstić information content (AvgIpc) is 3.27. The zero-order valence-electron chi connectivity index (χ0n) is 14.8. The highest BCUT2D eigenvalue weighted by Crippen LogP contribution is 2.49. The van der Waals surface area contributed by atoms with Crippen LogP contribution in [0.25, 0.3) is 10.9 Å². The van der Waals surface area contributed by atoms with Gasteiger partial charge in [0.15, 0.2) is 0 Å². The lowest BCUT2D eigenvalue weighted by molar-refractivity contribution is -0.118. The molecule has 1 atom stereocenters. The van der Waals surface area contributed by atoms with Crippen LogP contribution < -0.4 is 10.1 Å². The lowest BCUT2D eigenvalue weighted by Crippen LogP contribution is -2.36. The van der Waals surface area contributed by atoms with Crippen molar-refractivity contribution in [2.45, 2.75) is 5.41 Å². The van der Waals surface area contributed by atoms with Gasteiger partial charge in [0.1, 0.15) is 11.2 Å². The maximum Gasteiger partial charge on any atom is 0.244 e. The molecule has 1 aliphatic heterocycles. The van der Waals surface area contributed by atoms with Crippen molar-refractivity contribution in [2.75, 3.05) is 12.4 Å². The molecule has 0 saturated carbocycles. The molecule has 0 radical (unpaired) electrons. The van der Waals surface area contributed by atoms with E-state index >= 15 is 0 Å². The summed E-state index contributed by atoms with van der Waals surface area (Å²) in [5.74, 6) is 0.720. The second-order valence-electron chi connectivity index (χ2n) is 6.73. The van der Waals surface area contributed by atoms with Gasteiger partial charge in [0.25, 0.3) is 0 Å². The Labute approximate surface area is 156 Å². The number of methoxy groups -OCH3 is 1. The minimum Gasteiger partial charge on any atom is -0.497 e. The fourth-order valence-electron chi connectivity index (χ4n) is 4.19. The molecule has 0 spiro atoms. The van der Waals surface area contributed by atoms with E-state index in [1.807, 2.05) is 72.9 Å². The second kappa shape index (κ2) is 5.74. The summed E-state index contributed by atoms with van der Waals surface area (Å²) in [6.07, 6.45) is 1.95. The van der Waals surface area contributed by atoms with E-state index in [0.717, 1.165) is 39.0 Å². The first kappa shape index (κ1) is 15.7. The van der Waals surface area contributed by atoms with Crippen molar-refractivity contribution < 1.29 is 9.53 Å². The van der Waals surface area contributed by atoms with Crippen LogP contribution in [0.2, 0.25) is 0 Å². The highest BCUT2D eigenvalue weighted by atomic mass is 16.5. The molecule has 4 nitrogen and oxygen atoms in total. The number of benzene rings is 3. The summed E-state index contributed by atoms with van der Waals surface area (Å²) in [5, 5.41) is 4.13. The number of H-pyrrole nitrogens is 1. The molecule has 4 aromatic rings.